The Hall–Kier alpha value is -4.73. The lowest BCUT2D eigenvalue weighted by atomic mass is 9.97. The Labute approximate surface area is 226 Å². The van der Waals surface area contributed by atoms with E-state index in [0.717, 1.165) is 22.3 Å². The Morgan fingerprint density at radius 2 is 1.82 bits per heavy atom. The number of nitrogens with two attached hydrogens (primary N) is 1. The number of fused-ring (bicyclic) bond motifs is 1. The quantitative estimate of drug-likeness (QED) is 0.377. The van der Waals surface area contributed by atoms with Crippen LogP contribution >= 0.6 is 0 Å². The maximum absolute atomic E-state index is 14.1. The zero-order valence-electron chi connectivity index (χ0n) is 22.0. The van der Waals surface area contributed by atoms with E-state index in [1.165, 1.54) is 0 Å². The monoisotopic (exact) mass is 526 g/mol. The fraction of sp³-hybridized carbons (Fsp3) is 0.276. The highest BCUT2D eigenvalue weighted by molar-refractivity contribution is 6.02. The van der Waals surface area contributed by atoms with Crippen LogP contribution in [0.2, 0.25) is 0 Å². The second-order valence-corrected chi connectivity index (χ2v) is 10.3. The molecule has 39 heavy (non-hydrogen) atoms. The van der Waals surface area contributed by atoms with Crippen molar-refractivity contribution < 1.29 is 18.7 Å². The van der Waals surface area contributed by atoms with Crippen LogP contribution in [0.5, 0.6) is 0 Å². The zero-order valence-corrected chi connectivity index (χ0v) is 22.0. The molecule has 4 aromatic rings. The lowest BCUT2D eigenvalue weighted by Gasteiger charge is -2.27. The van der Waals surface area contributed by atoms with Gasteiger partial charge >= 0.3 is 12.1 Å². The van der Waals surface area contributed by atoms with Crippen molar-refractivity contribution in [3.63, 3.8) is 0 Å². The molecule has 0 bridgehead atoms. The van der Waals surface area contributed by atoms with Crippen LogP contribution in [-0.2, 0) is 22.4 Å². The normalized spacial score (nSPS) is 13.6. The number of pyridine rings is 1. The van der Waals surface area contributed by atoms with Gasteiger partial charge in [0, 0.05) is 36.6 Å². The molecule has 1 aliphatic rings. The molecule has 2 aromatic heterocycles. The lowest BCUT2D eigenvalue weighted by Crippen LogP contribution is -2.50. The number of carbonyl (C=O) groups excluding carboxylic acids is 2. The van der Waals surface area contributed by atoms with Crippen molar-refractivity contribution in [2.24, 2.45) is 0 Å². The van der Waals surface area contributed by atoms with Crippen LogP contribution in [0.3, 0.4) is 0 Å². The molecule has 10 nitrogen and oxygen atoms in total. The summed E-state index contributed by atoms with van der Waals surface area (Å²) in [6, 6.07) is 16.4. The number of amides is 2. The zero-order chi connectivity index (χ0) is 27.6. The fourth-order valence-corrected chi connectivity index (χ4v) is 4.67. The third-order valence-corrected chi connectivity index (χ3v) is 6.33. The molecule has 1 unspecified atom stereocenters. The number of benzene rings is 2. The molecule has 3 N–H and O–H groups in total. The van der Waals surface area contributed by atoms with Gasteiger partial charge in [0.15, 0.2) is 0 Å². The van der Waals surface area contributed by atoms with Crippen LogP contribution in [0.15, 0.2) is 71.4 Å². The topological polar surface area (TPSA) is 136 Å². The largest absolute Gasteiger partial charge is 0.444 e. The minimum Gasteiger partial charge on any atom is -0.444 e. The van der Waals surface area contributed by atoms with Gasteiger partial charge in [-0.25, -0.2) is 4.79 Å². The summed E-state index contributed by atoms with van der Waals surface area (Å²) >= 11 is 0. The minimum absolute atomic E-state index is 0.0384. The minimum atomic E-state index is -0.847. The van der Waals surface area contributed by atoms with Gasteiger partial charge in [0.1, 0.15) is 11.6 Å². The number of aromatic nitrogens is 3. The molecule has 10 heteroatoms. The average Bonchev–Trinajstić information content (AvgIpc) is 3.53. The van der Waals surface area contributed by atoms with Crippen molar-refractivity contribution in [1.29, 1.82) is 0 Å². The number of hydrogen-bond acceptors (Lipinski definition) is 8. The SMILES string of the molecule is CC(C)(C)OC(=O)NC(Cc1ccccc1)C(=O)N1CCc2c(-c3nnc(N)o3)cc(-c3ccncc3)cc21. The number of anilines is 2. The number of nitrogens with one attached hydrogen (secondary N) is 1. The maximum Gasteiger partial charge on any atom is 0.408 e. The summed E-state index contributed by atoms with van der Waals surface area (Å²) in [4.78, 5) is 32.7. The summed E-state index contributed by atoms with van der Waals surface area (Å²) in [5.41, 5.74) is 10.0. The van der Waals surface area contributed by atoms with Gasteiger partial charge in [0.05, 0.1) is 0 Å². The fourth-order valence-electron chi connectivity index (χ4n) is 4.67. The molecule has 0 fully saturated rings. The first-order valence-electron chi connectivity index (χ1n) is 12.7. The van der Waals surface area contributed by atoms with E-state index in [1.807, 2.05) is 54.6 Å². The number of ether oxygens (including phenoxy) is 1. The van der Waals surface area contributed by atoms with E-state index in [-0.39, 0.29) is 17.8 Å². The van der Waals surface area contributed by atoms with Gasteiger partial charge in [-0.3, -0.25) is 9.78 Å². The van der Waals surface area contributed by atoms with Crippen molar-refractivity contribution in [2.45, 2.75) is 45.3 Å². The van der Waals surface area contributed by atoms with E-state index in [2.05, 4.69) is 20.5 Å². The highest BCUT2D eigenvalue weighted by Gasteiger charge is 2.34. The lowest BCUT2D eigenvalue weighted by molar-refractivity contribution is -0.120. The summed E-state index contributed by atoms with van der Waals surface area (Å²) < 4.78 is 11.1. The summed E-state index contributed by atoms with van der Waals surface area (Å²) in [6.07, 6.45) is 3.64. The molecular weight excluding hydrogens is 496 g/mol. The van der Waals surface area contributed by atoms with E-state index < -0.39 is 17.7 Å². The van der Waals surface area contributed by atoms with Crippen molar-refractivity contribution in [2.75, 3.05) is 17.2 Å². The van der Waals surface area contributed by atoms with Crippen LogP contribution in [0.1, 0.15) is 31.9 Å². The van der Waals surface area contributed by atoms with Crippen molar-refractivity contribution in [3.05, 3.63) is 78.1 Å². The smallest absolute Gasteiger partial charge is 0.408 e. The van der Waals surface area contributed by atoms with Gasteiger partial charge in [-0.2, -0.15) is 0 Å². The van der Waals surface area contributed by atoms with Crippen LogP contribution < -0.4 is 16.0 Å². The number of carbonyl (C=O) groups is 2. The molecule has 0 spiro atoms. The van der Waals surface area contributed by atoms with Crippen molar-refractivity contribution in [1.82, 2.24) is 20.5 Å². The Morgan fingerprint density at radius 1 is 1.08 bits per heavy atom. The molecule has 5 rings (SSSR count). The maximum atomic E-state index is 14.1. The van der Waals surface area contributed by atoms with E-state index in [4.69, 9.17) is 14.9 Å². The van der Waals surface area contributed by atoms with Gasteiger partial charge < -0.3 is 25.1 Å². The summed E-state index contributed by atoms with van der Waals surface area (Å²) in [5.74, 6) is 0.0352. The van der Waals surface area contributed by atoms with Crippen molar-refractivity contribution >= 4 is 23.7 Å². The van der Waals surface area contributed by atoms with Crippen LogP contribution in [0.4, 0.5) is 16.5 Å². The third kappa shape index (κ3) is 5.90. The van der Waals surface area contributed by atoms with Crippen LogP contribution in [-0.4, -0.2) is 45.4 Å². The molecule has 2 aromatic carbocycles. The molecule has 3 heterocycles. The predicted octanol–water partition coefficient (Wildman–Crippen LogP) is 4.41. The number of nitrogen functional groups attached to an aromatic ring is 1. The summed E-state index contributed by atoms with van der Waals surface area (Å²) in [5, 5.41) is 10.7. The molecule has 1 aliphatic heterocycles. The van der Waals surface area contributed by atoms with Crippen molar-refractivity contribution in [3.8, 4) is 22.6 Å². The Kier molecular flexibility index (Phi) is 7.02. The molecular formula is C29H30N6O4. The standard InChI is InChI=1S/C29H30N6O4/c1-29(2,3)39-28(37)32-23(15-18-7-5-4-6-8-18)26(36)35-14-11-21-22(25-33-34-27(30)38-25)16-20(17-24(21)35)19-9-12-31-13-10-19/h4-10,12-13,16-17,23H,11,14-15H2,1-3H3,(H2,30,34)(H,32,37). The number of hydrogen-bond donors (Lipinski definition) is 2. The van der Waals surface area contributed by atoms with E-state index >= 15 is 0 Å². The van der Waals surface area contributed by atoms with E-state index in [1.54, 1.807) is 38.1 Å². The number of rotatable bonds is 6. The highest BCUT2D eigenvalue weighted by atomic mass is 16.6. The second-order valence-electron chi connectivity index (χ2n) is 10.3. The first kappa shape index (κ1) is 25.9. The Bertz CT molecular complexity index is 1480. The van der Waals surface area contributed by atoms with Gasteiger partial charge in [0.25, 0.3) is 0 Å². The molecule has 1 atom stereocenters. The van der Waals surface area contributed by atoms with Gasteiger partial charge in [-0.05, 0) is 73.7 Å². The first-order valence-corrected chi connectivity index (χ1v) is 12.7. The number of alkyl carbamates (subject to hydrolysis) is 1. The molecule has 2 amide bonds. The van der Waals surface area contributed by atoms with Crippen LogP contribution in [0.25, 0.3) is 22.6 Å². The molecule has 0 saturated heterocycles. The molecule has 0 aliphatic carbocycles. The highest BCUT2D eigenvalue weighted by Crippen LogP contribution is 2.40. The second kappa shape index (κ2) is 10.6. The van der Waals surface area contributed by atoms with E-state index in [0.29, 0.717) is 30.6 Å². The first-order chi connectivity index (χ1) is 18.7. The Morgan fingerprint density at radius 3 is 2.49 bits per heavy atom. The molecule has 0 saturated carbocycles. The predicted molar refractivity (Wildman–Crippen MR) is 147 cm³/mol. The molecule has 200 valence electrons. The van der Waals surface area contributed by atoms with Gasteiger partial charge in [0.2, 0.25) is 11.8 Å². The summed E-state index contributed by atoms with van der Waals surface area (Å²) in [6.45, 7) is 5.77. The summed E-state index contributed by atoms with van der Waals surface area (Å²) in [7, 11) is 0. The number of nitrogens with zero attached hydrogens (tertiary/aromatic N) is 4. The van der Waals surface area contributed by atoms with E-state index in [9.17, 15) is 9.59 Å². The van der Waals surface area contributed by atoms with Crippen LogP contribution in [0, 0.1) is 0 Å². The molecule has 0 radical (unpaired) electrons. The van der Waals surface area contributed by atoms with Gasteiger partial charge in [-0.1, -0.05) is 35.4 Å². The van der Waals surface area contributed by atoms with Gasteiger partial charge in [-0.15, -0.1) is 5.10 Å². The Balaban J connectivity index is 1.54. The average molecular weight is 527 g/mol. The third-order valence-electron chi connectivity index (χ3n) is 6.33.